The highest BCUT2D eigenvalue weighted by Crippen LogP contribution is 2.15. The minimum Gasteiger partial charge on any atom is -0.385 e. The van der Waals surface area contributed by atoms with E-state index in [-0.39, 0.29) is 5.91 Å². The minimum absolute atomic E-state index is 0.0905. The number of hydrogen-bond acceptors (Lipinski definition) is 4. The first kappa shape index (κ1) is 12.1. The van der Waals surface area contributed by atoms with E-state index < -0.39 is 0 Å². The molecule has 0 saturated carbocycles. The fraction of sp³-hybridized carbons (Fsp3) is 0.600. The van der Waals surface area contributed by atoms with Gasteiger partial charge in [0, 0.05) is 25.1 Å². The Balaban J connectivity index is 2.40. The van der Waals surface area contributed by atoms with E-state index >= 15 is 0 Å². The van der Waals surface area contributed by atoms with Crippen LogP contribution in [0.4, 0.5) is 0 Å². The summed E-state index contributed by atoms with van der Waals surface area (Å²) in [6.45, 7) is 5.17. The molecule has 1 aromatic heterocycles. The number of nitrogens with one attached hydrogen (secondary N) is 1. The van der Waals surface area contributed by atoms with Gasteiger partial charge in [-0.05, 0) is 20.3 Å². The van der Waals surface area contributed by atoms with Gasteiger partial charge in [0.1, 0.15) is 0 Å². The molecular weight excluding hydrogens is 212 g/mol. The Hall–Kier alpha value is -0.940. The van der Waals surface area contributed by atoms with Crippen molar-refractivity contribution in [2.24, 2.45) is 0 Å². The van der Waals surface area contributed by atoms with Crippen LogP contribution in [0, 0.1) is 13.8 Å². The fourth-order valence-corrected chi connectivity index (χ4v) is 1.89. The van der Waals surface area contributed by atoms with E-state index in [2.05, 4.69) is 10.3 Å². The molecule has 4 nitrogen and oxygen atoms in total. The van der Waals surface area contributed by atoms with Crippen LogP contribution in [0.25, 0.3) is 0 Å². The molecule has 84 valence electrons. The zero-order chi connectivity index (χ0) is 11.3. The quantitative estimate of drug-likeness (QED) is 0.777. The maximum absolute atomic E-state index is 11.6. The Morgan fingerprint density at radius 3 is 2.80 bits per heavy atom. The summed E-state index contributed by atoms with van der Waals surface area (Å²) >= 11 is 1.43. The Bertz CT molecular complexity index is 317. The third-order valence-electron chi connectivity index (χ3n) is 2.03. The average molecular weight is 228 g/mol. The number of carbonyl (C=O) groups excluding carboxylic acids is 1. The molecule has 1 amide bonds. The van der Waals surface area contributed by atoms with Crippen molar-refractivity contribution in [2.45, 2.75) is 20.3 Å². The molecule has 0 aromatic carbocycles. The molecule has 0 aliphatic carbocycles. The Morgan fingerprint density at radius 2 is 2.27 bits per heavy atom. The third kappa shape index (κ3) is 3.60. The molecule has 0 bridgehead atoms. The molecule has 1 aromatic rings. The molecule has 0 spiro atoms. The monoisotopic (exact) mass is 228 g/mol. The summed E-state index contributed by atoms with van der Waals surface area (Å²) in [5.74, 6) is -0.0905. The fourth-order valence-electron chi connectivity index (χ4n) is 1.06. The summed E-state index contributed by atoms with van der Waals surface area (Å²) in [5, 5.41) is 3.35. The molecule has 0 atom stereocenters. The van der Waals surface area contributed by atoms with Gasteiger partial charge in [0.25, 0.3) is 5.91 Å². The SMILES string of the molecule is COCCCNC(=O)c1nc(C)c(C)s1. The molecule has 1 rings (SSSR count). The molecule has 0 unspecified atom stereocenters. The lowest BCUT2D eigenvalue weighted by Crippen LogP contribution is -2.25. The number of carbonyl (C=O) groups is 1. The second-order valence-corrected chi connectivity index (χ2v) is 4.47. The van der Waals surface area contributed by atoms with Crippen molar-refractivity contribution in [1.82, 2.24) is 10.3 Å². The van der Waals surface area contributed by atoms with Gasteiger partial charge in [0.05, 0.1) is 5.69 Å². The average Bonchev–Trinajstić information content (AvgIpc) is 2.54. The van der Waals surface area contributed by atoms with Crippen LogP contribution in [0.15, 0.2) is 0 Å². The molecule has 0 aliphatic heterocycles. The van der Waals surface area contributed by atoms with Crippen LogP contribution in [-0.2, 0) is 4.74 Å². The predicted octanol–water partition coefficient (Wildman–Crippen LogP) is 1.53. The summed E-state index contributed by atoms with van der Waals surface area (Å²) in [6, 6.07) is 0. The van der Waals surface area contributed by atoms with Crippen molar-refractivity contribution in [1.29, 1.82) is 0 Å². The highest BCUT2D eigenvalue weighted by atomic mass is 32.1. The smallest absolute Gasteiger partial charge is 0.280 e. The van der Waals surface area contributed by atoms with Crippen LogP contribution in [0.1, 0.15) is 26.8 Å². The maximum atomic E-state index is 11.6. The van der Waals surface area contributed by atoms with E-state index in [4.69, 9.17) is 4.74 Å². The van der Waals surface area contributed by atoms with Crippen molar-refractivity contribution < 1.29 is 9.53 Å². The van der Waals surface area contributed by atoms with Crippen LogP contribution in [0.5, 0.6) is 0 Å². The van der Waals surface area contributed by atoms with E-state index in [9.17, 15) is 4.79 Å². The first-order valence-corrected chi connectivity index (χ1v) is 5.68. The van der Waals surface area contributed by atoms with Crippen molar-refractivity contribution in [3.8, 4) is 0 Å². The van der Waals surface area contributed by atoms with Gasteiger partial charge >= 0.3 is 0 Å². The molecule has 15 heavy (non-hydrogen) atoms. The molecule has 1 heterocycles. The molecule has 0 fully saturated rings. The molecular formula is C10H16N2O2S. The molecule has 5 heteroatoms. The zero-order valence-electron chi connectivity index (χ0n) is 9.29. The van der Waals surface area contributed by atoms with Crippen LogP contribution >= 0.6 is 11.3 Å². The lowest BCUT2D eigenvalue weighted by molar-refractivity contribution is 0.0948. The Morgan fingerprint density at radius 1 is 1.53 bits per heavy atom. The van der Waals surface area contributed by atoms with Gasteiger partial charge in [-0.25, -0.2) is 4.98 Å². The lowest BCUT2D eigenvalue weighted by atomic mass is 10.4. The van der Waals surface area contributed by atoms with Gasteiger partial charge in [-0.3, -0.25) is 4.79 Å². The van der Waals surface area contributed by atoms with E-state index in [1.807, 2.05) is 13.8 Å². The second kappa shape index (κ2) is 5.82. The summed E-state index contributed by atoms with van der Waals surface area (Å²) < 4.78 is 4.89. The summed E-state index contributed by atoms with van der Waals surface area (Å²) in [4.78, 5) is 16.8. The van der Waals surface area contributed by atoms with Gasteiger partial charge < -0.3 is 10.1 Å². The first-order chi connectivity index (χ1) is 7.15. The van der Waals surface area contributed by atoms with Crippen molar-refractivity contribution in [3.05, 3.63) is 15.6 Å². The number of aryl methyl sites for hydroxylation is 2. The second-order valence-electron chi connectivity index (χ2n) is 3.26. The van der Waals surface area contributed by atoms with Crippen molar-refractivity contribution in [3.63, 3.8) is 0 Å². The standard InChI is InChI=1S/C10H16N2O2S/c1-7-8(2)15-10(12-7)9(13)11-5-4-6-14-3/h4-6H2,1-3H3,(H,11,13). The van der Waals surface area contributed by atoms with Gasteiger partial charge in [0.2, 0.25) is 0 Å². The summed E-state index contributed by atoms with van der Waals surface area (Å²) in [6.07, 6.45) is 0.825. The van der Waals surface area contributed by atoms with Crippen molar-refractivity contribution in [2.75, 3.05) is 20.3 Å². The number of thiazole rings is 1. The summed E-state index contributed by atoms with van der Waals surface area (Å²) in [5.41, 5.74) is 0.932. The molecule has 0 radical (unpaired) electrons. The normalized spacial score (nSPS) is 10.3. The largest absolute Gasteiger partial charge is 0.385 e. The van der Waals surface area contributed by atoms with Crippen LogP contribution < -0.4 is 5.32 Å². The van der Waals surface area contributed by atoms with E-state index in [1.54, 1.807) is 7.11 Å². The number of aromatic nitrogens is 1. The molecule has 0 aliphatic rings. The topological polar surface area (TPSA) is 51.2 Å². The number of methoxy groups -OCH3 is 1. The van der Waals surface area contributed by atoms with Gasteiger partial charge in [-0.2, -0.15) is 0 Å². The lowest BCUT2D eigenvalue weighted by Gasteiger charge is -2.01. The zero-order valence-corrected chi connectivity index (χ0v) is 10.1. The predicted molar refractivity (Wildman–Crippen MR) is 60.4 cm³/mol. The number of nitrogens with zero attached hydrogens (tertiary/aromatic N) is 1. The number of rotatable bonds is 5. The van der Waals surface area contributed by atoms with Crippen LogP contribution in [0.2, 0.25) is 0 Å². The molecule has 0 saturated heterocycles. The highest BCUT2D eigenvalue weighted by molar-refractivity contribution is 7.13. The number of ether oxygens (including phenoxy) is 1. The van der Waals surface area contributed by atoms with Gasteiger partial charge in [-0.1, -0.05) is 0 Å². The van der Waals surface area contributed by atoms with Gasteiger partial charge in [0.15, 0.2) is 5.01 Å². The van der Waals surface area contributed by atoms with Crippen molar-refractivity contribution >= 4 is 17.2 Å². The van der Waals surface area contributed by atoms with E-state index in [0.29, 0.717) is 18.2 Å². The molecule has 1 N–H and O–H groups in total. The minimum atomic E-state index is -0.0905. The Labute approximate surface area is 93.7 Å². The number of hydrogen-bond donors (Lipinski definition) is 1. The Kier molecular flexibility index (Phi) is 4.71. The van der Waals surface area contributed by atoms with Gasteiger partial charge in [-0.15, -0.1) is 11.3 Å². The van der Waals surface area contributed by atoms with Crippen LogP contribution in [0.3, 0.4) is 0 Å². The van der Waals surface area contributed by atoms with E-state index in [1.165, 1.54) is 11.3 Å². The highest BCUT2D eigenvalue weighted by Gasteiger charge is 2.11. The third-order valence-corrected chi connectivity index (χ3v) is 3.11. The van der Waals surface area contributed by atoms with Crippen LogP contribution in [-0.4, -0.2) is 31.2 Å². The first-order valence-electron chi connectivity index (χ1n) is 4.86. The van der Waals surface area contributed by atoms with E-state index in [0.717, 1.165) is 17.0 Å². The maximum Gasteiger partial charge on any atom is 0.280 e. The summed E-state index contributed by atoms with van der Waals surface area (Å²) in [7, 11) is 1.65. The number of amides is 1.